The van der Waals surface area contributed by atoms with E-state index in [0.29, 0.717) is 18.0 Å². The second-order valence-corrected chi connectivity index (χ2v) is 5.70. The maximum Gasteiger partial charge on any atom is 0.233 e. The van der Waals surface area contributed by atoms with Crippen LogP contribution in [0, 0.1) is 0 Å². The molecule has 6 nitrogen and oxygen atoms in total. The molecular formula is C20H24N2O4. The third kappa shape index (κ3) is 5.24. The minimum Gasteiger partial charge on any atom is -0.493 e. The number of ether oxygens (including phenoxy) is 2. The standard InChI is InChI=1S/C20H24N2O4/c1-4-15-7-5-6-8-16(15)22-20(24)12-19(23)21-13-14-9-10-17(25-2)18(11-14)26-3/h5-11H,4,12-13H2,1-3H3,(H,21,23)(H,22,24). The van der Waals surface area contributed by atoms with Crippen molar-refractivity contribution in [1.82, 2.24) is 5.32 Å². The molecule has 0 spiro atoms. The first-order valence-electron chi connectivity index (χ1n) is 8.42. The van der Waals surface area contributed by atoms with Gasteiger partial charge in [-0.25, -0.2) is 0 Å². The van der Waals surface area contributed by atoms with Gasteiger partial charge in [0, 0.05) is 12.2 Å². The van der Waals surface area contributed by atoms with Crippen LogP contribution in [0.25, 0.3) is 0 Å². The van der Waals surface area contributed by atoms with Crippen LogP contribution in [0.5, 0.6) is 11.5 Å². The summed E-state index contributed by atoms with van der Waals surface area (Å²) in [5.74, 6) is 0.534. The number of benzene rings is 2. The fraction of sp³-hybridized carbons (Fsp3) is 0.300. The molecule has 2 rings (SSSR count). The molecule has 0 aromatic heterocycles. The number of anilines is 1. The number of carbonyl (C=O) groups is 2. The van der Waals surface area contributed by atoms with Crippen molar-refractivity contribution >= 4 is 17.5 Å². The van der Waals surface area contributed by atoms with Gasteiger partial charge in [-0.2, -0.15) is 0 Å². The molecule has 2 N–H and O–H groups in total. The van der Waals surface area contributed by atoms with E-state index in [1.807, 2.05) is 37.3 Å². The zero-order valence-corrected chi connectivity index (χ0v) is 15.3. The molecule has 0 aliphatic rings. The quantitative estimate of drug-likeness (QED) is 0.713. The highest BCUT2D eigenvalue weighted by Crippen LogP contribution is 2.27. The predicted molar refractivity (Wildman–Crippen MR) is 100 cm³/mol. The third-order valence-corrected chi connectivity index (χ3v) is 3.93. The van der Waals surface area contributed by atoms with E-state index in [2.05, 4.69) is 10.6 Å². The summed E-state index contributed by atoms with van der Waals surface area (Å²) in [6.07, 6.45) is 0.577. The summed E-state index contributed by atoms with van der Waals surface area (Å²) in [7, 11) is 3.12. The lowest BCUT2D eigenvalue weighted by atomic mass is 10.1. The molecule has 0 aliphatic heterocycles. The van der Waals surface area contributed by atoms with E-state index in [9.17, 15) is 9.59 Å². The number of hydrogen-bond donors (Lipinski definition) is 2. The maximum atomic E-state index is 12.1. The van der Waals surface area contributed by atoms with E-state index < -0.39 is 0 Å². The summed E-state index contributed by atoms with van der Waals surface area (Å²) < 4.78 is 10.4. The molecule has 0 aliphatic carbocycles. The van der Waals surface area contributed by atoms with Crippen molar-refractivity contribution in [3.63, 3.8) is 0 Å². The van der Waals surface area contributed by atoms with Gasteiger partial charge in [0.2, 0.25) is 11.8 Å². The Morgan fingerprint density at radius 3 is 2.38 bits per heavy atom. The first-order valence-corrected chi connectivity index (χ1v) is 8.42. The normalized spacial score (nSPS) is 10.1. The number of rotatable bonds is 8. The van der Waals surface area contributed by atoms with Crippen molar-refractivity contribution in [3.8, 4) is 11.5 Å². The zero-order chi connectivity index (χ0) is 18.9. The minimum absolute atomic E-state index is 0.231. The van der Waals surface area contributed by atoms with E-state index in [-0.39, 0.29) is 18.2 Å². The molecule has 0 bridgehead atoms. The highest BCUT2D eigenvalue weighted by atomic mass is 16.5. The molecule has 2 aromatic rings. The summed E-state index contributed by atoms with van der Waals surface area (Å²) in [6, 6.07) is 13.0. The molecule has 2 amide bonds. The van der Waals surface area contributed by atoms with Gasteiger partial charge in [-0.15, -0.1) is 0 Å². The molecule has 26 heavy (non-hydrogen) atoms. The minimum atomic E-state index is -0.341. The van der Waals surface area contributed by atoms with E-state index in [4.69, 9.17) is 9.47 Å². The van der Waals surface area contributed by atoms with Crippen LogP contribution in [0.2, 0.25) is 0 Å². The van der Waals surface area contributed by atoms with Crippen LogP contribution >= 0.6 is 0 Å². The molecule has 0 saturated carbocycles. The summed E-state index contributed by atoms with van der Waals surface area (Å²) in [4.78, 5) is 24.1. The molecule has 0 heterocycles. The lowest BCUT2D eigenvalue weighted by molar-refractivity contribution is -0.126. The predicted octanol–water partition coefficient (Wildman–Crippen LogP) is 2.91. The van der Waals surface area contributed by atoms with Gasteiger partial charge in [-0.05, 0) is 35.7 Å². The van der Waals surface area contributed by atoms with Gasteiger partial charge < -0.3 is 20.1 Å². The first-order chi connectivity index (χ1) is 12.6. The smallest absolute Gasteiger partial charge is 0.233 e. The number of methoxy groups -OCH3 is 2. The van der Waals surface area contributed by atoms with Gasteiger partial charge in [-0.1, -0.05) is 31.2 Å². The molecule has 0 radical (unpaired) electrons. The molecule has 138 valence electrons. The van der Waals surface area contributed by atoms with Crippen LogP contribution in [0.1, 0.15) is 24.5 Å². The van der Waals surface area contributed by atoms with Gasteiger partial charge >= 0.3 is 0 Å². The number of aryl methyl sites for hydroxylation is 1. The number of carbonyl (C=O) groups excluding carboxylic acids is 2. The Hall–Kier alpha value is -3.02. The highest BCUT2D eigenvalue weighted by molar-refractivity contribution is 6.03. The van der Waals surface area contributed by atoms with Crippen LogP contribution in [0.15, 0.2) is 42.5 Å². The average molecular weight is 356 g/mol. The highest BCUT2D eigenvalue weighted by Gasteiger charge is 2.12. The summed E-state index contributed by atoms with van der Waals surface area (Å²) in [5, 5.41) is 5.52. The molecule has 0 fully saturated rings. The molecular weight excluding hydrogens is 332 g/mol. The lowest BCUT2D eigenvalue weighted by Gasteiger charge is -2.11. The molecule has 0 atom stereocenters. The van der Waals surface area contributed by atoms with Crippen molar-refractivity contribution in [2.45, 2.75) is 26.3 Å². The zero-order valence-electron chi connectivity index (χ0n) is 15.3. The summed E-state index contributed by atoms with van der Waals surface area (Å²) in [6.45, 7) is 2.32. The van der Waals surface area contributed by atoms with E-state index >= 15 is 0 Å². The average Bonchev–Trinajstić information content (AvgIpc) is 2.66. The number of amides is 2. The van der Waals surface area contributed by atoms with Crippen molar-refractivity contribution in [3.05, 3.63) is 53.6 Å². The summed E-state index contributed by atoms with van der Waals surface area (Å²) >= 11 is 0. The van der Waals surface area contributed by atoms with Gasteiger partial charge in [0.25, 0.3) is 0 Å². The summed E-state index contributed by atoms with van der Waals surface area (Å²) in [5.41, 5.74) is 2.63. The first kappa shape index (κ1) is 19.3. The molecule has 0 unspecified atom stereocenters. The molecule has 2 aromatic carbocycles. The Bertz CT molecular complexity index is 774. The van der Waals surface area contributed by atoms with Crippen LogP contribution in [-0.2, 0) is 22.6 Å². The fourth-order valence-corrected chi connectivity index (χ4v) is 2.54. The monoisotopic (exact) mass is 356 g/mol. The Labute approximate surface area is 153 Å². The Kier molecular flexibility index (Phi) is 7.02. The van der Waals surface area contributed by atoms with Gasteiger partial charge in [-0.3, -0.25) is 9.59 Å². The Balaban J connectivity index is 1.87. The van der Waals surface area contributed by atoms with Gasteiger partial charge in [0.05, 0.1) is 14.2 Å². The van der Waals surface area contributed by atoms with E-state index in [1.54, 1.807) is 26.4 Å². The van der Waals surface area contributed by atoms with Gasteiger partial charge in [0.15, 0.2) is 11.5 Å². The lowest BCUT2D eigenvalue weighted by Crippen LogP contribution is -2.28. The van der Waals surface area contributed by atoms with Crippen LogP contribution in [0.3, 0.4) is 0 Å². The second kappa shape index (κ2) is 9.46. The van der Waals surface area contributed by atoms with Crippen molar-refractivity contribution < 1.29 is 19.1 Å². The molecule has 0 saturated heterocycles. The topological polar surface area (TPSA) is 76.7 Å². The number of para-hydroxylation sites is 1. The van der Waals surface area contributed by atoms with Crippen molar-refractivity contribution in [2.75, 3.05) is 19.5 Å². The van der Waals surface area contributed by atoms with E-state index in [1.165, 1.54) is 0 Å². The largest absolute Gasteiger partial charge is 0.493 e. The van der Waals surface area contributed by atoms with Crippen LogP contribution < -0.4 is 20.1 Å². The maximum absolute atomic E-state index is 12.1. The van der Waals surface area contributed by atoms with Crippen LogP contribution in [-0.4, -0.2) is 26.0 Å². The van der Waals surface area contributed by atoms with Crippen LogP contribution in [0.4, 0.5) is 5.69 Å². The number of hydrogen-bond acceptors (Lipinski definition) is 4. The Morgan fingerprint density at radius 2 is 1.69 bits per heavy atom. The van der Waals surface area contributed by atoms with Crippen molar-refractivity contribution in [1.29, 1.82) is 0 Å². The van der Waals surface area contributed by atoms with Gasteiger partial charge in [0.1, 0.15) is 6.42 Å². The SMILES string of the molecule is CCc1ccccc1NC(=O)CC(=O)NCc1ccc(OC)c(OC)c1. The fourth-order valence-electron chi connectivity index (χ4n) is 2.54. The number of nitrogens with one attached hydrogen (secondary N) is 2. The second-order valence-electron chi connectivity index (χ2n) is 5.70. The molecule has 6 heteroatoms. The van der Waals surface area contributed by atoms with E-state index in [0.717, 1.165) is 23.2 Å². The van der Waals surface area contributed by atoms with Crippen molar-refractivity contribution in [2.24, 2.45) is 0 Å². The third-order valence-electron chi connectivity index (χ3n) is 3.93. The Morgan fingerprint density at radius 1 is 0.962 bits per heavy atom.